The highest BCUT2D eigenvalue weighted by Crippen LogP contribution is 2.42. The highest BCUT2D eigenvalue weighted by Gasteiger charge is 2.52. The fraction of sp³-hybridized carbons (Fsp3) is 0.929. The maximum atomic E-state index is 11.7. The molecule has 1 saturated heterocycles. The Morgan fingerprint density at radius 2 is 2.06 bits per heavy atom. The second-order valence-corrected chi connectivity index (χ2v) is 5.96. The van der Waals surface area contributed by atoms with Gasteiger partial charge >= 0.3 is 5.97 Å². The number of aliphatic carboxylic acids is 1. The third-order valence-corrected chi connectivity index (χ3v) is 4.96. The minimum Gasteiger partial charge on any atom is -0.480 e. The van der Waals surface area contributed by atoms with Crippen LogP contribution in [0, 0.1) is 5.92 Å². The largest absolute Gasteiger partial charge is 0.480 e. The summed E-state index contributed by atoms with van der Waals surface area (Å²) in [4.78, 5) is 14.2. The fourth-order valence-corrected chi connectivity index (χ4v) is 3.47. The average Bonchev–Trinajstić information content (AvgIpc) is 3.13. The number of carboxylic acids is 1. The Bertz CT molecular complexity index is 317. The molecule has 3 unspecified atom stereocenters. The van der Waals surface area contributed by atoms with Gasteiger partial charge in [-0.1, -0.05) is 6.92 Å². The molecule has 2 fully saturated rings. The Morgan fingerprint density at radius 3 is 2.50 bits per heavy atom. The second kappa shape index (κ2) is 5.17. The van der Waals surface area contributed by atoms with E-state index in [4.69, 9.17) is 0 Å². The minimum absolute atomic E-state index is 0.310. The van der Waals surface area contributed by atoms with Crippen molar-refractivity contribution in [1.29, 1.82) is 0 Å². The number of hydrogen-bond donors (Lipinski definition) is 2. The molecule has 0 bridgehead atoms. The maximum Gasteiger partial charge on any atom is 0.325 e. The van der Waals surface area contributed by atoms with Crippen LogP contribution in [-0.4, -0.2) is 47.2 Å². The Labute approximate surface area is 110 Å². The van der Waals surface area contributed by atoms with Gasteiger partial charge in [-0.2, -0.15) is 0 Å². The van der Waals surface area contributed by atoms with Crippen molar-refractivity contribution in [2.45, 2.75) is 63.6 Å². The van der Waals surface area contributed by atoms with Crippen molar-refractivity contribution in [2.75, 3.05) is 13.6 Å². The van der Waals surface area contributed by atoms with E-state index in [2.05, 4.69) is 24.1 Å². The Morgan fingerprint density at radius 1 is 1.39 bits per heavy atom. The SMILES string of the molecule is CCC1CCC(C)N1CC(NC)(C(=O)O)C1CC1. The van der Waals surface area contributed by atoms with Crippen molar-refractivity contribution >= 4 is 5.97 Å². The molecule has 4 heteroatoms. The first-order valence-corrected chi connectivity index (χ1v) is 7.23. The molecule has 104 valence electrons. The van der Waals surface area contributed by atoms with Gasteiger partial charge in [-0.3, -0.25) is 9.69 Å². The van der Waals surface area contributed by atoms with Gasteiger partial charge in [-0.05, 0) is 52.0 Å². The summed E-state index contributed by atoms with van der Waals surface area (Å²) in [6, 6.07) is 1.08. The summed E-state index contributed by atoms with van der Waals surface area (Å²) < 4.78 is 0. The summed E-state index contributed by atoms with van der Waals surface area (Å²) in [6.07, 6.45) is 5.62. The molecule has 0 spiro atoms. The van der Waals surface area contributed by atoms with Gasteiger partial charge in [0.15, 0.2) is 0 Å². The molecule has 1 aliphatic heterocycles. The summed E-state index contributed by atoms with van der Waals surface area (Å²) in [6.45, 7) is 5.09. The number of likely N-dealkylation sites (tertiary alicyclic amines) is 1. The average molecular weight is 254 g/mol. The zero-order chi connectivity index (χ0) is 13.3. The van der Waals surface area contributed by atoms with Crippen LogP contribution in [0.3, 0.4) is 0 Å². The van der Waals surface area contributed by atoms with E-state index in [9.17, 15) is 9.90 Å². The van der Waals surface area contributed by atoms with Gasteiger partial charge in [0, 0.05) is 18.6 Å². The molecule has 2 N–H and O–H groups in total. The molecule has 1 aliphatic carbocycles. The van der Waals surface area contributed by atoms with Crippen molar-refractivity contribution in [3.05, 3.63) is 0 Å². The summed E-state index contributed by atoms with van der Waals surface area (Å²) >= 11 is 0. The predicted molar refractivity (Wildman–Crippen MR) is 71.6 cm³/mol. The van der Waals surface area contributed by atoms with E-state index in [0.717, 1.165) is 19.3 Å². The number of rotatable bonds is 6. The Hall–Kier alpha value is -0.610. The molecule has 0 aromatic rings. The van der Waals surface area contributed by atoms with Crippen molar-refractivity contribution in [2.24, 2.45) is 5.92 Å². The molecule has 0 amide bonds. The third-order valence-electron chi connectivity index (χ3n) is 4.96. The lowest BCUT2D eigenvalue weighted by Crippen LogP contribution is -2.61. The van der Waals surface area contributed by atoms with Gasteiger partial charge in [0.25, 0.3) is 0 Å². The van der Waals surface area contributed by atoms with Gasteiger partial charge in [-0.25, -0.2) is 0 Å². The normalized spacial score (nSPS) is 32.4. The summed E-state index contributed by atoms with van der Waals surface area (Å²) in [5.41, 5.74) is -0.730. The maximum absolute atomic E-state index is 11.7. The van der Waals surface area contributed by atoms with Gasteiger partial charge < -0.3 is 10.4 Å². The molecular weight excluding hydrogens is 228 g/mol. The topological polar surface area (TPSA) is 52.6 Å². The molecular formula is C14H26N2O2. The van der Waals surface area contributed by atoms with Crippen molar-refractivity contribution in [3.63, 3.8) is 0 Å². The van der Waals surface area contributed by atoms with Crippen LogP contribution < -0.4 is 5.32 Å². The molecule has 1 heterocycles. The zero-order valence-corrected chi connectivity index (χ0v) is 11.8. The fourth-order valence-electron chi connectivity index (χ4n) is 3.47. The first-order chi connectivity index (χ1) is 8.55. The number of nitrogens with zero attached hydrogens (tertiary/aromatic N) is 1. The Balaban J connectivity index is 2.15. The van der Waals surface area contributed by atoms with Gasteiger partial charge in [0.05, 0.1) is 0 Å². The quantitative estimate of drug-likeness (QED) is 0.757. The molecule has 18 heavy (non-hydrogen) atoms. The first kappa shape index (κ1) is 13.8. The Kier molecular flexibility index (Phi) is 3.97. The van der Waals surface area contributed by atoms with Crippen LogP contribution in [0.4, 0.5) is 0 Å². The van der Waals surface area contributed by atoms with Crippen LogP contribution in [0.2, 0.25) is 0 Å². The van der Waals surface area contributed by atoms with E-state index in [1.165, 1.54) is 12.8 Å². The highest BCUT2D eigenvalue weighted by atomic mass is 16.4. The van der Waals surface area contributed by atoms with Crippen molar-refractivity contribution < 1.29 is 9.90 Å². The summed E-state index contributed by atoms with van der Waals surface area (Å²) in [5.74, 6) is -0.369. The second-order valence-electron chi connectivity index (χ2n) is 5.96. The molecule has 0 radical (unpaired) electrons. The lowest BCUT2D eigenvalue weighted by Gasteiger charge is -2.38. The standard InChI is InChI=1S/C14H26N2O2/c1-4-12-8-5-10(2)16(12)9-14(15-3,13(17)18)11-6-7-11/h10-12,15H,4-9H2,1-3H3,(H,17,18). The van der Waals surface area contributed by atoms with Crippen LogP contribution >= 0.6 is 0 Å². The van der Waals surface area contributed by atoms with E-state index < -0.39 is 11.5 Å². The molecule has 2 aliphatic rings. The van der Waals surface area contributed by atoms with Gasteiger partial charge in [-0.15, -0.1) is 0 Å². The lowest BCUT2D eigenvalue weighted by atomic mass is 9.91. The lowest BCUT2D eigenvalue weighted by molar-refractivity contribution is -0.147. The van der Waals surface area contributed by atoms with Gasteiger partial charge in [0.1, 0.15) is 5.54 Å². The van der Waals surface area contributed by atoms with Crippen molar-refractivity contribution in [3.8, 4) is 0 Å². The predicted octanol–water partition coefficient (Wildman–Crippen LogP) is 1.70. The smallest absolute Gasteiger partial charge is 0.325 e. The number of carboxylic acid groups (broad SMARTS) is 1. The van der Waals surface area contributed by atoms with E-state index in [1.54, 1.807) is 7.05 Å². The molecule has 3 atom stereocenters. The monoisotopic (exact) mass is 254 g/mol. The molecule has 0 aromatic carbocycles. The molecule has 0 aromatic heterocycles. The van der Waals surface area contributed by atoms with Crippen LogP contribution in [0.1, 0.15) is 46.0 Å². The van der Waals surface area contributed by atoms with E-state index in [1.807, 2.05) is 0 Å². The van der Waals surface area contributed by atoms with Crippen LogP contribution in [0.5, 0.6) is 0 Å². The van der Waals surface area contributed by atoms with E-state index in [0.29, 0.717) is 24.5 Å². The number of likely N-dealkylation sites (N-methyl/N-ethyl adjacent to an activating group) is 1. The highest BCUT2D eigenvalue weighted by molar-refractivity contribution is 5.80. The van der Waals surface area contributed by atoms with Crippen LogP contribution in [0.15, 0.2) is 0 Å². The third kappa shape index (κ3) is 2.28. The first-order valence-electron chi connectivity index (χ1n) is 7.23. The van der Waals surface area contributed by atoms with E-state index >= 15 is 0 Å². The van der Waals surface area contributed by atoms with Crippen molar-refractivity contribution in [1.82, 2.24) is 10.2 Å². The minimum atomic E-state index is -0.730. The number of carbonyl (C=O) groups is 1. The zero-order valence-electron chi connectivity index (χ0n) is 11.8. The summed E-state index contributed by atoms with van der Waals surface area (Å²) in [5, 5.41) is 12.8. The van der Waals surface area contributed by atoms with Crippen LogP contribution in [0.25, 0.3) is 0 Å². The van der Waals surface area contributed by atoms with Gasteiger partial charge in [0.2, 0.25) is 0 Å². The van der Waals surface area contributed by atoms with E-state index in [-0.39, 0.29) is 0 Å². The molecule has 1 saturated carbocycles. The molecule has 2 rings (SSSR count). The summed E-state index contributed by atoms with van der Waals surface area (Å²) in [7, 11) is 1.80. The number of nitrogens with one attached hydrogen (secondary N) is 1. The van der Waals surface area contributed by atoms with Crippen LogP contribution in [-0.2, 0) is 4.79 Å². The molecule has 4 nitrogen and oxygen atoms in total. The number of hydrogen-bond acceptors (Lipinski definition) is 3.